The molecule has 1 atom stereocenters. The lowest BCUT2D eigenvalue weighted by Crippen LogP contribution is -2.14. The number of aromatic nitrogens is 2. The monoisotopic (exact) mass is 484 g/mol. The van der Waals surface area contributed by atoms with Gasteiger partial charge in [0, 0.05) is 11.3 Å². The zero-order valence-electron chi connectivity index (χ0n) is 16.9. The highest BCUT2D eigenvalue weighted by Crippen LogP contribution is 2.31. The minimum atomic E-state index is -1.24. The van der Waals surface area contributed by atoms with Crippen LogP contribution in [0.1, 0.15) is 10.4 Å². The SMILES string of the molecule is C[S+]([O-])Nc1ccc(C(=O)Nc2ccc(Cl)c(-c3ncc(-c4ccccc4)[nH]3)c2)c(Cl)c1. The molecule has 162 valence electrons. The molecule has 0 aliphatic carbocycles. The Morgan fingerprint density at radius 2 is 1.75 bits per heavy atom. The van der Waals surface area contributed by atoms with Crippen molar-refractivity contribution in [3.05, 3.63) is 88.5 Å². The molecule has 9 heteroatoms. The van der Waals surface area contributed by atoms with E-state index in [1.165, 1.54) is 6.26 Å². The molecule has 6 nitrogen and oxygen atoms in total. The number of amides is 1. The minimum absolute atomic E-state index is 0.241. The van der Waals surface area contributed by atoms with Gasteiger partial charge in [0.25, 0.3) is 5.91 Å². The molecule has 3 N–H and O–H groups in total. The number of nitrogens with zero attached hydrogens (tertiary/aromatic N) is 1. The van der Waals surface area contributed by atoms with E-state index < -0.39 is 11.4 Å². The van der Waals surface area contributed by atoms with Crippen LogP contribution in [0.5, 0.6) is 0 Å². The van der Waals surface area contributed by atoms with Crippen LogP contribution in [0.3, 0.4) is 0 Å². The van der Waals surface area contributed by atoms with Crippen molar-refractivity contribution in [3.8, 4) is 22.6 Å². The number of hydrogen-bond donors (Lipinski definition) is 3. The quantitative estimate of drug-likeness (QED) is 0.292. The van der Waals surface area contributed by atoms with E-state index in [9.17, 15) is 9.35 Å². The summed E-state index contributed by atoms with van der Waals surface area (Å²) >= 11 is 11.4. The van der Waals surface area contributed by atoms with Gasteiger partial charge in [-0.05, 0) is 42.0 Å². The van der Waals surface area contributed by atoms with Gasteiger partial charge in [0.05, 0.1) is 44.5 Å². The average Bonchev–Trinajstić information content (AvgIpc) is 3.25. The number of anilines is 2. The van der Waals surface area contributed by atoms with Crippen LogP contribution < -0.4 is 10.0 Å². The molecule has 0 aliphatic rings. The Labute approximate surface area is 198 Å². The van der Waals surface area contributed by atoms with Crippen molar-refractivity contribution in [3.63, 3.8) is 0 Å². The lowest BCUT2D eigenvalue weighted by Gasteiger charge is -2.11. The van der Waals surface area contributed by atoms with Gasteiger partial charge < -0.3 is 14.9 Å². The molecule has 0 spiro atoms. The Kier molecular flexibility index (Phi) is 6.72. The van der Waals surface area contributed by atoms with Gasteiger partial charge in [0.15, 0.2) is 0 Å². The lowest BCUT2D eigenvalue weighted by molar-refractivity contribution is 0.102. The average molecular weight is 485 g/mol. The number of nitrogens with one attached hydrogen (secondary N) is 3. The first-order valence-corrected chi connectivity index (χ1v) is 11.8. The summed E-state index contributed by atoms with van der Waals surface area (Å²) in [6, 6.07) is 19.7. The molecule has 0 radical (unpaired) electrons. The van der Waals surface area contributed by atoms with Crippen molar-refractivity contribution < 1.29 is 9.35 Å². The summed E-state index contributed by atoms with van der Waals surface area (Å²) in [6.45, 7) is 0. The van der Waals surface area contributed by atoms with Crippen molar-refractivity contribution in [2.24, 2.45) is 0 Å². The van der Waals surface area contributed by atoms with Crippen LogP contribution in [-0.2, 0) is 11.4 Å². The number of H-pyrrole nitrogens is 1. The molecule has 1 aromatic heterocycles. The Hall–Kier alpha value is -2.97. The molecule has 4 aromatic rings. The first kappa shape index (κ1) is 22.2. The number of aromatic amines is 1. The highest BCUT2D eigenvalue weighted by Gasteiger charge is 2.15. The lowest BCUT2D eigenvalue weighted by atomic mass is 10.1. The zero-order valence-corrected chi connectivity index (χ0v) is 19.2. The molecule has 32 heavy (non-hydrogen) atoms. The number of rotatable bonds is 6. The summed E-state index contributed by atoms with van der Waals surface area (Å²) in [4.78, 5) is 20.5. The van der Waals surface area contributed by atoms with Gasteiger partial charge >= 0.3 is 0 Å². The fourth-order valence-electron chi connectivity index (χ4n) is 3.13. The fraction of sp³-hybridized carbons (Fsp3) is 0.0435. The third-order valence-electron chi connectivity index (χ3n) is 4.62. The molecule has 0 aliphatic heterocycles. The third-order valence-corrected chi connectivity index (χ3v) is 5.78. The number of carbonyl (C=O) groups is 1. The first-order chi connectivity index (χ1) is 15.4. The first-order valence-electron chi connectivity index (χ1n) is 9.52. The molecule has 1 heterocycles. The maximum absolute atomic E-state index is 12.8. The molecule has 0 saturated heterocycles. The molecular weight excluding hydrogens is 467 g/mol. The number of carbonyl (C=O) groups excluding carboxylic acids is 1. The Morgan fingerprint density at radius 3 is 2.47 bits per heavy atom. The van der Waals surface area contributed by atoms with E-state index in [2.05, 4.69) is 20.0 Å². The number of halogens is 2. The highest BCUT2D eigenvalue weighted by atomic mass is 35.5. The second-order valence-corrected chi connectivity index (χ2v) is 8.84. The largest absolute Gasteiger partial charge is 0.593 e. The van der Waals surface area contributed by atoms with E-state index in [1.807, 2.05) is 30.3 Å². The van der Waals surface area contributed by atoms with Gasteiger partial charge in [-0.15, -0.1) is 0 Å². The number of benzene rings is 3. The van der Waals surface area contributed by atoms with Gasteiger partial charge in [-0.3, -0.25) is 4.79 Å². The highest BCUT2D eigenvalue weighted by molar-refractivity contribution is 7.92. The van der Waals surface area contributed by atoms with Crippen LogP contribution in [0.25, 0.3) is 22.6 Å². The van der Waals surface area contributed by atoms with Gasteiger partial charge in [-0.2, -0.15) is 0 Å². The van der Waals surface area contributed by atoms with Crippen molar-refractivity contribution in [1.82, 2.24) is 9.97 Å². The van der Waals surface area contributed by atoms with Gasteiger partial charge in [-0.1, -0.05) is 53.5 Å². The van der Waals surface area contributed by atoms with E-state index in [0.29, 0.717) is 33.3 Å². The maximum atomic E-state index is 12.8. The molecular formula is C23H18Cl2N4O2S. The van der Waals surface area contributed by atoms with Crippen LogP contribution in [0.2, 0.25) is 10.0 Å². The summed E-state index contributed by atoms with van der Waals surface area (Å²) in [5.41, 5.74) is 3.92. The van der Waals surface area contributed by atoms with Crippen molar-refractivity contribution >= 4 is 51.8 Å². The second-order valence-electron chi connectivity index (χ2n) is 6.91. The van der Waals surface area contributed by atoms with E-state index in [1.54, 1.807) is 42.6 Å². The second kappa shape index (κ2) is 9.67. The van der Waals surface area contributed by atoms with E-state index >= 15 is 0 Å². The molecule has 4 rings (SSSR count). The molecule has 0 fully saturated rings. The third kappa shape index (κ3) is 5.08. The summed E-state index contributed by atoms with van der Waals surface area (Å²) in [5.74, 6) is 0.211. The van der Waals surface area contributed by atoms with Gasteiger partial charge in [-0.25, -0.2) is 9.71 Å². The predicted octanol–water partition coefficient (Wildman–Crippen LogP) is 6.01. The van der Waals surface area contributed by atoms with Crippen LogP contribution in [-0.4, -0.2) is 26.7 Å². The summed E-state index contributed by atoms with van der Waals surface area (Å²) in [6.07, 6.45) is 3.25. The van der Waals surface area contributed by atoms with Crippen molar-refractivity contribution in [1.29, 1.82) is 0 Å². The van der Waals surface area contributed by atoms with Crippen LogP contribution in [0.4, 0.5) is 11.4 Å². The summed E-state index contributed by atoms with van der Waals surface area (Å²) in [5, 5.41) is 3.57. The van der Waals surface area contributed by atoms with Crippen molar-refractivity contribution in [2.75, 3.05) is 16.3 Å². The zero-order chi connectivity index (χ0) is 22.7. The maximum Gasteiger partial charge on any atom is 0.257 e. The molecule has 0 saturated carbocycles. The van der Waals surface area contributed by atoms with E-state index in [-0.39, 0.29) is 10.9 Å². The Bertz CT molecular complexity index is 1260. The Morgan fingerprint density at radius 1 is 1.00 bits per heavy atom. The summed E-state index contributed by atoms with van der Waals surface area (Å²) in [7, 11) is 0. The van der Waals surface area contributed by atoms with Crippen LogP contribution >= 0.6 is 23.2 Å². The minimum Gasteiger partial charge on any atom is -0.593 e. The number of hydrogen-bond acceptors (Lipinski definition) is 4. The fourth-order valence-corrected chi connectivity index (χ4v) is 4.07. The smallest absolute Gasteiger partial charge is 0.257 e. The van der Waals surface area contributed by atoms with E-state index in [0.717, 1.165) is 11.3 Å². The molecule has 3 aromatic carbocycles. The molecule has 0 bridgehead atoms. The van der Waals surface area contributed by atoms with E-state index in [4.69, 9.17) is 23.2 Å². The predicted molar refractivity (Wildman–Crippen MR) is 132 cm³/mol. The van der Waals surface area contributed by atoms with Crippen LogP contribution in [0, 0.1) is 0 Å². The topological polar surface area (TPSA) is 92.9 Å². The standard InChI is InChI=1S/C23H18Cl2N4O2S/c1-32(31)29-16-7-9-17(20(25)12-16)23(30)27-15-8-10-19(24)18(11-15)22-26-13-21(28-22)14-5-3-2-4-6-14/h2-13,29H,1H3,(H,26,28)(H,27,30). The van der Waals surface area contributed by atoms with Crippen molar-refractivity contribution in [2.45, 2.75) is 0 Å². The Balaban J connectivity index is 1.56. The summed E-state index contributed by atoms with van der Waals surface area (Å²) < 4.78 is 14.0. The number of imidazole rings is 1. The van der Waals surface area contributed by atoms with Crippen LogP contribution in [0.15, 0.2) is 72.9 Å². The molecule has 1 amide bonds. The van der Waals surface area contributed by atoms with Gasteiger partial charge in [0.1, 0.15) is 12.1 Å². The normalized spacial score (nSPS) is 11.8. The molecule has 1 unspecified atom stereocenters. The van der Waals surface area contributed by atoms with Gasteiger partial charge in [0.2, 0.25) is 0 Å².